The van der Waals surface area contributed by atoms with E-state index >= 15 is 0 Å². The normalized spacial score (nSPS) is 9.94. The molecule has 0 saturated heterocycles. The molecule has 0 aliphatic heterocycles. The fourth-order valence-corrected chi connectivity index (χ4v) is 1.86. The van der Waals surface area contributed by atoms with Crippen molar-refractivity contribution in [3.8, 4) is 5.88 Å². The van der Waals surface area contributed by atoms with E-state index in [1.165, 1.54) is 7.11 Å². The van der Waals surface area contributed by atoms with Crippen molar-refractivity contribution in [3.63, 3.8) is 0 Å². The fourth-order valence-electron chi connectivity index (χ4n) is 1.26. The van der Waals surface area contributed by atoms with Crippen LogP contribution >= 0.6 is 11.5 Å². The molecule has 0 atom stereocenters. The Kier molecular flexibility index (Phi) is 3.72. The molecule has 5 heteroatoms. The second-order valence-corrected chi connectivity index (χ2v) is 4.10. The molecular weight excluding hydrogens is 238 g/mol. The van der Waals surface area contributed by atoms with Gasteiger partial charge in [-0.15, -0.1) is 0 Å². The molecule has 17 heavy (non-hydrogen) atoms. The number of rotatable bonds is 4. The van der Waals surface area contributed by atoms with Crippen LogP contribution in [0.25, 0.3) is 0 Å². The lowest BCUT2D eigenvalue weighted by molar-refractivity contribution is 0.0606. The van der Waals surface area contributed by atoms with Crippen LogP contribution in [-0.4, -0.2) is 17.5 Å². The molecule has 0 aliphatic carbocycles. The number of ether oxygens (including phenoxy) is 2. The zero-order chi connectivity index (χ0) is 12.1. The molecule has 1 heterocycles. The average molecular weight is 249 g/mol. The molecule has 4 nitrogen and oxygen atoms in total. The quantitative estimate of drug-likeness (QED) is 0.781. The monoisotopic (exact) mass is 249 g/mol. The summed E-state index contributed by atoms with van der Waals surface area (Å²) in [5.41, 5.74) is 1.06. The van der Waals surface area contributed by atoms with Crippen molar-refractivity contribution >= 4 is 17.5 Å². The van der Waals surface area contributed by atoms with Gasteiger partial charge in [0.2, 0.25) is 5.88 Å². The zero-order valence-corrected chi connectivity index (χ0v) is 10.1. The summed E-state index contributed by atoms with van der Waals surface area (Å²) >= 11 is 1.07. The predicted molar refractivity (Wildman–Crippen MR) is 64.2 cm³/mol. The van der Waals surface area contributed by atoms with E-state index in [1.807, 2.05) is 30.3 Å². The van der Waals surface area contributed by atoms with Crippen LogP contribution in [0.3, 0.4) is 0 Å². The van der Waals surface area contributed by atoms with E-state index in [1.54, 1.807) is 6.07 Å². The van der Waals surface area contributed by atoms with E-state index in [-0.39, 0.29) is 0 Å². The lowest BCUT2D eigenvalue weighted by Crippen LogP contribution is -1.97. The summed E-state index contributed by atoms with van der Waals surface area (Å²) in [6.45, 7) is 0.436. The van der Waals surface area contributed by atoms with Crippen molar-refractivity contribution in [1.29, 1.82) is 0 Å². The van der Waals surface area contributed by atoms with E-state index in [9.17, 15) is 4.79 Å². The summed E-state index contributed by atoms with van der Waals surface area (Å²) in [4.78, 5) is 11.6. The van der Waals surface area contributed by atoms with Gasteiger partial charge in [0.05, 0.1) is 7.11 Å². The van der Waals surface area contributed by atoms with E-state index in [2.05, 4.69) is 9.11 Å². The lowest BCUT2D eigenvalue weighted by atomic mass is 10.2. The number of aromatic nitrogens is 1. The second-order valence-electron chi connectivity index (χ2n) is 3.30. The van der Waals surface area contributed by atoms with Crippen molar-refractivity contribution in [1.82, 2.24) is 4.37 Å². The molecule has 0 fully saturated rings. The molecule has 1 aromatic carbocycles. The maximum Gasteiger partial charge on any atom is 0.349 e. The Morgan fingerprint density at radius 1 is 1.35 bits per heavy atom. The molecule has 2 rings (SSSR count). The summed E-state index contributed by atoms with van der Waals surface area (Å²) in [5.74, 6) is 0.0521. The van der Waals surface area contributed by atoms with Crippen LogP contribution in [0, 0.1) is 0 Å². The predicted octanol–water partition coefficient (Wildman–Crippen LogP) is 2.51. The highest BCUT2D eigenvalue weighted by Gasteiger charge is 2.11. The minimum Gasteiger partial charge on any atom is -0.472 e. The Hall–Kier alpha value is -1.88. The first-order valence-electron chi connectivity index (χ1n) is 5.01. The molecule has 0 radical (unpaired) electrons. The van der Waals surface area contributed by atoms with Crippen LogP contribution in [0.2, 0.25) is 0 Å². The molecule has 0 amide bonds. The molecule has 0 spiro atoms. The summed E-state index contributed by atoms with van der Waals surface area (Å²) in [6, 6.07) is 11.3. The molecule has 0 unspecified atom stereocenters. The molecule has 1 aromatic heterocycles. The Labute approximate surface area is 103 Å². The minimum atomic E-state index is -0.392. The van der Waals surface area contributed by atoms with Crippen molar-refractivity contribution in [3.05, 3.63) is 46.8 Å². The van der Waals surface area contributed by atoms with Crippen molar-refractivity contribution in [2.24, 2.45) is 0 Å². The Balaban J connectivity index is 1.96. The Morgan fingerprint density at radius 2 is 2.12 bits per heavy atom. The molecule has 0 aliphatic rings. The topological polar surface area (TPSA) is 48.4 Å². The highest BCUT2D eigenvalue weighted by Crippen LogP contribution is 2.18. The van der Waals surface area contributed by atoms with E-state index in [4.69, 9.17) is 4.74 Å². The number of hydrogen-bond acceptors (Lipinski definition) is 5. The fraction of sp³-hybridized carbons (Fsp3) is 0.167. The van der Waals surface area contributed by atoms with Crippen molar-refractivity contribution < 1.29 is 14.3 Å². The first-order chi connectivity index (χ1) is 8.29. The number of esters is 1. The molecule has 0 saturated carbocycles. The van der Waals surface area contributed by atoms with Gasteiger partial charge in [-0.25, -0.2) is 4.79 Å². The van der Waals surface area contributed by atoms with Crippen LogP contribution in [0.1, 0.15) is 15.2 Å². The van der Waals surface area contributed by atoms with Gasteiger partial charge in [-0.1, -0.05) is 30.3 Å². The van der Waals surface area contributed by atoms with Crippen LogP contribution < -0.4 is 4.74 Å². The second kappa shape index (κ2) is 5.45. The Morgan fingerprint density at radius 3 is 2.82 bits per heavy atom. The van der Waals surface area contributed by atoms with Gasteiger partial charge in [0, 0.05) is 6.07 Å². The van der Waals surface area contributed by atoms with Gasteiger partial charge >= 0.3 is 5.97 Å². The number of carbonyl (C=O) groups excluding carboxylic acids is 1. The summed E-state index contributed by atoms with van der Waals surface area (Å²) in [6.07, 6.45) is 0. The third-order valence-corrected chi connectivity index (χ3v) is 2.86. The maximum absolute atomic E-state index is 11.2. The number of hydrogen-bond donors (Lipinski definition) is 0. The van der Waals surface area contributed by atoms with Gasteiger partial charge < -0.3 is 9.47 Å². The van der Waals surface area contributed by atoms with E-state index in [0.717, 1.165) is 17.1 Å². The third kappa shape index (κ3) is 3.04. The first-order valence-corrected chi connectivity index (χ1v) is 5.78. The number of benzene rings is 1. The van der Waals surface area contributed by atoms with Crippen molar-refractivity contribution in [2.45, 2.75) is 6.61 Å². The average Bonchev–Trinajstić information content (AvgIpc) is 2.85. The van der Waals surface area contributed by atoms with Gasteiger partial charge in [-0.3, -0.25) is 0 Å². The number of nitrogens with zero attached hydrogens (tertiary/aromatic N) is 1. The molecule has 88 valence electrons. The van der Waals surface area contributed by atoms with Gasteiger partial charge in [0.15, 0.2) is 0 Å². The molecule has 0 N–H and O–H groups in total. The highest BCUT2D eigenvalue weighted by molar-refractivity contribution is 7.08. The van der Waals surface area contributed by atoms with Crippen LogP contribution in [0.5, 0.6) is 5.88 Å². The Bertz CT molecular complexity index is 495. The largest absolute Gasteiger partial charge is 0.472 e. The van der Waals surface area contributed by atoms with Gasteiger partial charge in [-0.2, -0.15) is 4.37 Å². The summed E-state index contributed by atoms with van der Waals surface area (Å²) in [5, 5.41) is 0. The minimum absolute atomic E-state index is 0.392. The van der Waals surface area contributed by atoms with E-state index < -0.39 is 5.97 Å². The molecule has 0 bridgehead atoms. The van der Waals surface area contributed by atoms with Crippen LogP contribution in [0.15, 0.2) is 36.4 Å². The van der Waals surface area contributed by atoms with E-state index in [0.29, 0.717) is 17.4 Å². The zero-order valence-electron chi connectivity index (χ0n) is 9.25. The summed E-state index contributed by atoms with van der Waals surface area (Å²) < 4.78 is 14.1. The number of methoxy groups -OCH3 is 1. The lowest BCUT2D eigenvalue weighted by Gasteiger charge is -2.01. The van der Waals surface area contributed by atoms with Gasteiger partial charge in [0.25, 0.3) is 0 Å². The van der Waals surface area contributed by atoms with Crippen LogP contribution in [0.4, 0.5) is 0 Å². The van der Waals surface area contributed by atoms with Crippen molar-refractivity contribution in [2.75, 3.05) is 7.11 Å². The number of carbonyl (C=O) groups is 1. The van der Waals surface area contributed by atoms with Crippen LogP contribution in [-0.2, 0) is 11.3 Å². The van der Waals surface area contributed by atoms with Gasteiger partial charge in [0.1, 0.15) is 11.5 Å². The first kappa shape index (κ1) is 11.6. The summed E-state index contributed by atoms with van der Waals surface area (Å²) in [7, 11) is 1.34. The maximum atomic E-state index is 11.2. The van der Waals surface area contributed by atoms with Gasteiger partial charge in [-0.05, 0) is 17.1 Å². The third-order valence-electron chi connectivity index (χ3n) is 2.10. The standard InChI is InChI=1S/C12H11NO3S/c1-15-12(14)10-7-11(13-17-10)16-8-9-5-3-2-4-6-9/h2-7H,8H2,1H3. The highest BCUT2D eigenvalue weighted by atomic mass is 32.1. The molecular formula is C12H11NO3S. The smallest absolute Gasteiger partial charge is 0.349 e. The SMILES string of the molecule is COC(=O)c1cc(OCc2ccccc2)ns1. The molecule has 2 aromatic rings.